The molecule has 2 heterocycles. The normalized spacial score (nSPS) is 20.1. The molecule has 1 spiro atoms. The van der Waals surface area contributed by atoms with E-state index in [9.17, 15) is 4.79 Å². The minimum absolute atomic E-state index is 0.179. The van der Waals surface area contributed by atoms with Crippen molar-refractivity contribution in [3.63, 3.8) is 0 Å². The molecule has 1 aromatic heterocycles. The van der Waals surface area contributed by atoms with Gasteiger partial charge in [-0.25, -0.2) is 9.78 Å². The lowest BCUT2D eigenvalue weighted by molar-refractivity contribution is -0.0785. The van der Waals surface area contributed by atoms with Crippen LogP contribution < -0.4 is 0 Å². The molecular formula is C18H21BrN2O2S. The van der Waals surface area contributed by atoms with E-state index in [0.29, 0.717) is 11.3 Å². The molecule has 1 aliphatic heterocycles. The van der Waals surface area contributed by atoms with Crippen molar-refractivity contribution in [3.05, 3.63) is 27.7 Å². The molecule has 6 heteroatoms. The van der Waals surface area contributed by atoms with Crippen LogP contribution in [0.25, 0.3) is 10.2 Å². The van der Waals surface area contributed by atoms with Crippen LogP contribution in [0.2, 0.25) is 0 Å². The fraction of sp³-hybridized carbons (Fsp3) is 0.556. The first kappa shape index (κ1) is 16.3. The molecule has 0 unspecified atom stereocenters. The van der Waals surface area contributed by atoms with Crippen molar-refractivity contribution in [2.24, 2.45) is 5.41 Å². The van der Waals surface area contributed by atoms with Gasteiger partial charge in [-0.05, 0) is 51.8 Å². The fourth-order valence-electron chi connectivity index (χ4n) is 3.73. The van der Waals surface area contributed by atoms with Crippen LogP contribution in [-0.4, -0.2) is 34.7 Å². The molecular weight excluding hydrogens is 388 g/mol. The van der Waals surface area contributed by atoms with E-state index in [1.807, 2.05) is 25.7 Å². The zero-order valence-corrected chi connectivity index (χ0v) is 16.5. The maximum atomic E-state index is 12.1. The van der Waals surface area contributed by atoms with Gasteiger partial charge in [-0.15, -0.1) is 11.3 Å². The van der Waals surface area contributed by atoms with Crippen molar-refractivity contribution in [2.45, 2.75) is 45.1 Å². The van der Waals surface area contributed by atoms with E-state index >= 15 is 0 Å². The van der Waals surface area contributed by atoms with Gasteiger partial charge in [-0.3, -0.25) is 0 Å². The molecule has 2 aliphatic rings. The Bertz CT molecular complexity index is 797. The first-order valence-electron chi connectivity index (χ1n) is 8.27. The number of nitrogens with zero attached hydrogens (tertiary/aromatic N) is 2. The maximum absolute atomic E-state index is 12.1. The fourth-order valence-corrected chi connectivity index (χ4v) is 5.13. The Morgan fingerprint density at radius 3 is 2.75 bits per heavy atom. The summed E-state index contributed by atoms with van der Waals surface area (Å²) in [5.41, 5.74) is 0.964. The number of likely N-dealkylation sites (tertiary alicyclic amines) is 1. The van der Waals surface area contributed by atoms with Gasteiger partial charge in [0.25, 0.3) is 0 Å². The average molecular weight is 409 g/mol. The molecule has 1 amide bonds. The molecule has 1 aromatic carbocycles. The van der Waals surface area contributed by atoms with Gasteiger partial charge in [0.15, 0.2) is 0 Å². The van der Waals surface area contributed by atoms with Crippen LogP contribution in [0, 0.1) is 5.41 Å². The van der Waals surface area contributed by atoms with Crippen molar-refractivity contribution in [2.75, 3.05) is 13.1 Å². The number of halogens is 1. The van der Waals surface area contributed by atoms with Gasteiger partial charge < -0.3 is 9.64 Å². The van der Waals surface area contributed by atoms with E-state index < -0.39 is 5.60 Å². The van der Waals surface area contributed by atoms with Gasteiger partial charge in [-0.1, -0.05) is 15.9 Å². The summed E-state index contributed by atoms with van der Waals surface area (Å²) in [6.07, 6.45) is 2.09. The van der Waals surface area contributed by atoms with Gasteiger partial charge >= 0.3 is 6.09 Å². The molecule has 0 radical (unpaired) electrons. The Labute approximate surface area is 154 Å². The molecule has 0 N–H and O–H groups in total. The van der Waals surface area contributed by atoms with E-state index in [4.69, 9.17) is 9.72 Å². The topological polar surface area (TPSA) is 42.4 Å². The number of ether oxygens (including phenoxy) is 1. The molecule has 1 saturated carbocycles. The van der Waals surface area contributed by atoms with E-state index in [-0.39, 0.29) is 6.09 Å². The summed E-state index contributed by atoms with van der Waals surface area (Å²) in [7, 11) is 0. The minimum atomic E-state index is -0.419. The predicted octanol–water partition coefficient (Wildman–Crippen LogP) is 5.17. The highest BCUT2D eigenvalue weighted by Crippen LogP contribution is 2.57. The van der Waals surface area contributed by atoms with Gasteiger partial charge in [0.2, 0.25) is 0 Å². The van der Waals surface area contributed by atoms with Gasteiger partial charge in [0, 0.05) is 28.9 Å². The van der Waals surface area contributed by atoms with Crippen LogP contribution in [0.5, 0.6) is 0 Å². The maximum Gasteiger partial charge on any atom is 0.410 e. The van der Waals surface area contributed by atoms with Crippen LogP contribution in [0.4, 0.5) is 4.79 Å². The second kappa shape index (κ2) is 5.43. The summed E-state index contributed by atoms with van der Waals surface area (Å²) in [5.74, 6) is 0.543. The monoisotopic (exact) mass is 408 g/mol. The van der Waals surface area contributed by atoms with E-state index in [0.717, 1.165) is 35.9 Å². The van der Waals surface area contributed by atoms with Gasteiger partial charge in [-0.2, -0.15) is 0 Å². The average Bonchev–Trinajstić information content (AvgIpc) is 2.75. The summed E-state index contributed by atoms with van der Waals surface area (Å²) >= 11 is 5.31. The molecule has 24 heavy (non-hydrogen) atoms. The third-order valence-corrected chi connectivity index (χ3v) is 6.47. The highest BCUT2D eigenvalue weighted by atomic mass is 79.9. The minimum Gasteiger partial charge on any atom is -0.444 e. The summed E-state index contributed by atoms with van der Waals surface area (Å²) in [4.78, 5) is 18.7. The van der Waals surface area contributed by atoms with Crippen molar-refractivity contribution < 1.29 is 9.53 Å². The quantitative estimate of drug-likeness (QED) is 0.652. The number of fused-ring (bicyclic) bond motifs is 1. The molecule has 0 atom stereocenters. The molecule has 1 aliphatic carbocycles. The molecule has 2 aromatic rings. The van der Waals surface area contributed by atoms with Crippen LogP contribution >= 0.6 is 27.3 Å². The standard InChI is InChI=1S/C18H21BrN2O2S/c1-17(2,3)23-16(22)21-9-18(10-21)7-11(8-18)15-20-13-6-12(19)4-5-14(13)24-15/h4-6,11H,7-10H2,1-3H3. The molecule has 2 fully saturated rings. The van der Waals surface area contributed by atoms with Crippen LogP contribution in [0.15, 0.2) is 22.7 Å². The number of rotatable bonds is 1. The van der Waals surface area contributed by atoms with Crippen LogP contribution in [0.1, 0.15) is 44.5 Å². The van der Waals surface area contributed by atoms with E-state index in [2.05, 4.69) is 34.1 Å². The molecule has 1 saturated heterocycles. The third-order valence-electron chi connectivity index (χ3n) is 4.78. The third kappa shape index (κ3) is 2.94. The number of hydrogen-bond acceptors (Lipinski definition) is 4. The van der Waals surface area contributed by atoms with Crippen LogP contribution in [0.3, 0.4) is 0 Å². The summed E-state index contributed by atoms with van der Waals surface area (Å²) in [6.45, 7) is 7.38. The number of aromatic nitrogens is 1. The van der Waals surface area contributed by atoms with E-state index in [1.54, 1.807) is 11.3 Å². The van der Waals surface area contributed by atoms with E-state index in [1.165, 1.54) is 9.71 Å². The van der Waals surface area contributed by atoms with Crippen molar-refractivity contribution in [1.82, 2.24) is 9.88 Å². The number of carbonyl (C=O) groups excluding carboxylic acids is 1. The molecule has 128 valence electrons. The lowest BCUT2D eigenvalue weighted by Crippen LogP contribution is -2.63. The SMILES string of the molecule is CC(C)(C)OC(=O)N1CC2(CC(c3nc4cc(Br)ccc4s3)C2)C1. The Morgan fingerprint density at radius 2 is 2.08 bits per heavy atom. The Morgan fingerprint density at radius 1 is 1.38 bits per heavy atom. The van der Waals surface area contributed by atoms with Crippen molar-refractivity contribution >= 4 is 43.6 Å². The highest BCUT2D eigenvalue weighted by molar-refractivity contribution is 9.10. The molecule has 4 rings (SSSR count). The predicted molar refractivity (Wildman–Crippen MR) is 99.5 cm³/mol. The highest BCUT2D eigenvalue weighted by Gasteiger charge is 2.55. The summed E-state index contributed by atoms with van der Waals surface area (Å²) in [5, 5.41) is 1.24. The zero-order valence-electron chi connectivity index (χ0n) is 14.1. The number of hydrogen-bond donors (Lipinski definition) is 0. The second-order valence-corrected chi connectivity index (χ2v) is 10.1. The first-order valence-corrected chi connectivity index (χ1v) is 9.88. The van der Waals surface area contributed by atoms with Crippen molar-refractivity contribution in [1.29, 1.82) is 0 Å². The number of benzene rings is 1. The summed E-state index contributed by atoms with van der Waals surface area (Å²) < 4.78 is 7.76. The molecule has 4 nitrogen and oxygen atoms in total. The number of carbonyl (C=O) groups is 1. The Kier molecular flexibility index (Phi) is 3.69. The largest absolute Gasteiger partial charge is 0.444 e. The van der Waals surface area contributed by atoms with Gasteiger partial charge in [0.05, 0.1) is 15.2 Å². The Hall–Kier alpha value is -1.14. The zero-order chi connectivity index (χ0) is 17.1. The number of amides is 1. The van der Waals surface area contributed by atoms with Crippen molar-refractivity contribution in [3.8, 4) is 0 Å². The summed E-state index contributed by atoms with van der Waals surface area (Å²) in [6, 6.07) is 6.27. The molecule has 0 bridgehead atoms. The smallest absolute Gasteiger partial charge is 0.410 e. The lowest BCUT2D eigenvalue weighted by Gasteiger charge is -2.58. The number of thiazole rings is 1. The Balaban J connectivity index is 1.36. The first-order chi connectivity index (χ1) is 11.2. The van der Waals surface area contributed by atoms with Gasteiger partial charge in [0.1, 0.15) is 5.60 Å². The van der Waals surface area contributed by atoms with Crippen LogP contribution in [-0.2, 0) is 4.74 Å². The lowest BCUT2D eigenvalue weighted by atomic mass is 9.58. The second-order valence-electron chi connectivity index (χ2n) is 8.11.